The third-order valence-corrected chi connectivity index (χ3v) is 13.6. The summed E-state index contributed by atoms with van der Waals surface area (Å²) in [7, 11) is 0. The first kappa shape index (κ1) is 31.1. The van der Waals surface area contributed by atoms with E-state index in [2.05, 4.69) is 177 Å². The lowest BCUT2D eigenvalue weighted by atomic mass is 9.85. The quantitative estimate of drug-likeness (QED) is 0.171. The van der Waals surface area contributed by atoms with Gasteiger partial charge in [0.05, 0.1) is 0 Å². The summed E-state index contributed by atoms with van der Waals surface area (Å²) in [5, 5.41) is 13.4. The summed E-state index contributed by atoms with van der Waals surface area (Å²) in [4.78, 5) is 0. The van der Waals surface area contributed by atoms with Gasteiger partial charge in [-0.15, -0.1) is 11.3 Å². The second-order valence-electron chi connectivity index (χ2n) is 15.5. The Labute approximate surface area is 324 Å². The second-order valence-corrected chi connectivity index (χ2v) is 16.6. The van der Waals surface area contributed by atoms with Gasteiger partial charge in [0.2, 0.25) is 0 Å². The molecule has 0 amide bonds. The molecular weight excluding hydrogens is 681 g/mol. The molecule has 1 atom stereocenters. The van der Waals surface area contributed by atoms with Crippen molar-refractivity contribution in [3.05, 3.63) is 179 Å². The zero-order valence-corrected chi connectivity index (χ0v) is 31.4. The molecule has 0 fully saturated rings. The van der Waals surface area contributed by atoms with Crippen LogP contribution in [0.4, 0.5) is 0 Å². The molecule has 9 aromatic carbocycles. The van der Waals surface area contributed by atoms with Crippen LogP contribution in [0, 0.1) is 0 Å². The first-order chi connectivity index (χ1) is 27.2. The highest BCUT2D eigenvalue weighted by atomic mass is 32.1. The van der Waals surface area contributed by atoms with Crippen LogP contribution in [0.15, 0.2) is 158 Å². The van der Waals surface area contributed by atoms with Gasteiger partial charge in [0.1, 0.15) is 0 Å². The van der Waals surface area contributed by atoms with Crippen LogP contribution in [0.5, 0.6) is 0 Å². The molecular formula is C54H36S. The summed E-state index contributed by atoms with van der Waals surface area (Å²) in [5.74, 6) is 0.348. The first-order valence-corrected chi connectivity index (χ1v) is 20.4. The second kappa shape index (κ2) is 11.9. The largest absolute Gasteiger partial charge is 0.135 e. The van der Waals surface area contributed by atoms with E-state index < -0.39 is 0 Å². The Morgan fingerprint density at radius 1 is 0.418 bits per heavy atom. The predicted molar refractivity (Wildman–Crippen MR) is 239 cm³/mol. The molecule has 0 nitrogen and oxygen atoms in total. The van der Waals surface area contributed by atoms with Gasteiger partial charge in [0.25, 0.3) is 0 Å². The van der Waals surface area contributed by atoms with Gasteiger partial charge >= 0.3 is 0 Å². The van der Waals surface area contributed by atoms with E-state index in [1.165, 1.54) is 119 Å². The lowest BCUT2D eigenvalue weighted by Gasteiger charge is -2.18. The van der Waals surface area contributed by atoms with Crippen molar-refractivity contribution in [1.29, 1.82) is 0 Å². The minimum atomic E-state index is 0.348. The third kappa shape index (κ3) is 4.63. The van der Waals surface area contributed by atoms with Crippen molar-refractivity contribution in [2.45, 2.75) is 25.7 Å². The van der Waals surface area contributed by atoms with Gasteiger partial charge < -0.3 is 0 Å². The van der Waals surface area contributed by atoms with E-state index >= 15 is 0 Å². The summed E-state index contributed by atoms with van der Waals surface area (Å²) >= 11 is 1.90. The number of hydrogen-bond donors (Lipinski definition) is 0. The average molecular weight is 717 g/mol. The fourth-order valence-electron chi connectivity index (χ4n) is 9.90. The van der Waals surface area contributed by atoms with Gasteiger partial charge in [0.15, 0.2) is 0 Å². The monoisotopic (exact) mass is 716 g/mol. The molecule has 1 heteroatoms. The standard InChI is InChI=1S/C54H36S/c1-32-40-25-23-36(29-48(40)49-30-37-24-26-51-54(47(37)31-46(32)49)45-19-8-9-20-50(45)55-51)35-13-10-14-38(28-35)52-41-15-4-6-17-43(41)53(44-18-7-5-16-42(44)52)39-22-21-33-11-2-3-12-34(33)27-39/h2-4,6,8-32H,5,7H2,1H3. The van der Waals surface area contributed by atoms with Crippen molar-refractivity contribution < 1.29 is 0 Å². The molecule has 0 spiro atoms. The maximum atomic E-state index is 2.50. The van der Waals surface area contributed by atoms with Crippen molar-refractivity contribution in [3.63, 3.8) is 0 Å². The average Bonchev–Trinajstić information content (AvgIpc) is 3.76. The maximum absolute atomic E-state index is 2.50. The third-order valence-electron chi connectivity index (χ3n) is 12.5. The van der Waals surface area contributed by atoms with Crippen LogP contribution in [0.3, 0.4) is 0 Å². The van der Waals surface area contributed by atoms with E-state index in [-0.39, 0.29) is 0 Å². The molecule has 0 saturated carbocycles. The van der Waals surface area contributed by atoms with E-state index in [1.54, 1.807) is 0 Å². The van der Waals surface area contributed by atoms with E-state index in [0.29, 0.717) is 5.92 Å². The molecule has 55 heavy (non-hydrogen) atoms. The minimum Gasteiger partial charge on any atom is -0.135 e. The Kier molecular flexibility index (Phi) is 6.71. The van der Waals surface area contributed by atoms with Gasteiger partial charge in [-0.25, -0.2) is 0 Å². The Morgan fingerprint density at radius 3 is 1.87 bits per heavy atom. The van der Waals surface area contributed by atoms with Crippen LogP contribution < -0.4 is 10.4 Å². The van der Waals surface area contributed by atoms with E-state index in [9.17, 15) is 0 Å². The normalized spacial score (nSPS) is 14.6. The zero-order chi connectivity index (χ0) is 36.2. The summed E-state index contributed by atoms with van der Waals surface area (Å²) in [5.41, 5.74) is 13.4. The summed E-state index contributed by atoms with van der Waals surface area (Å²) in [6.45, 7) is 2.38. The number of benzene rings is 9. The highest BCUT2D eigenvalue weighted by molar-refractivity contribution is 7.26. The van der Waals surface area contributed by atoms with Crippen molar-refractivity contribution in [1.82, 2.24) is 0 Å². The maximum Gasteiger partial charge on any atom is 0.0361 e. The molecule has 12 rings (SSSR count). The van der Waals surface area contributed by atoms with Crippen LogP contribution in [0.25, 0.3) is 109 Å². The van der Waals surface area contributed by atoms with Gasteiger partial charge in [0, 0.05) is 26.1 Å². The van der Waals surface area contributed by atoms with Crippen LogP contribution in [-0.4, -0.2) is 0 Å². The smallest absolute Gasteiger partial charge is 0.0361 e. The Balaban J connectivity index is 1.01. The fourth-order valence-corrected chi connectivity index (χ4v) is 11.0. The SMILES string of the molecule is CC1c2ccc(-c3cccc(-c4c5c(c(-c6ccc7ccccc7c6)c6ccccc46)=CCCC=5)c3)cc2-c2cc3ccc4sc5ccccc5c4c3cc21. The Hall–Kier alpha value is -6.28. The molecule has 258 valence electrons. The topological polar surface area (TPSA) is 0 Å². The highest BCUT2D eigenvalue weighted by Gasteiger charge is 2.27. The first-order valence-electron chi connectivity index (χ1n) is 19.6. The molecule has 2 aliphatic carbocycles. The van der Waals surface area contributed by atoms with Crippen LogP contribution in [0.2, 0.25) is 0 Å². The molecule has 0 aliphatic heterocycles. The number of fused-ring (bicyclic) bond motifs is 11. The van der Waals surface area contributed by atoms with Gasteiger partial charge in [-0.3, -0.25) is 0 Å². The van der Waals surface area contributed by atoms with E-state index in [4.69, 9.17) is 0 Å². The zero-order valence-electron chi connectivity index (χ0n) is 30.6. The van der Waals surface area contributed by atoms with Crippen molar-refractivity contribution in [2.75, 3.05) is 0 Å². The molecule has 1 aromatic heterocycles. The molecule has 0 bridgehead atoms. The summed E-state index contributed by atoms with van der Waals surface area (Å²) in [6, 6.07) is 59.7. The summed E-state index contributed by atoms with van der Waals surface area (Å²) in [6.07, 6.45) is 7.08. The lowest BCUT2D eigenvalue weighted by molar-refractivity contribution is 0.959. The molecule has 1 heterocycles. The minimum absolute atomic E-state index is 0.348. The highest BCUT2D eigenvalue weighted by Crippen LogP contribution is 2.49. The van der Waals surface area contributed by atoms with Crippen molar-refractivity contribution >= 4 is 76.0 Å². The van der Waals surface area contributed by atoms with E-state index in [1.807, 2.05) is 11.3 Å². The Morgan fingerprint density at radius 2 is 1.05 bits per heavy atom. The predicted octanol–water partition coefficient (Wildman–Crippen LogP) is 14.0. The van der Waals surface area contributed by atoms with Crippen molar-refractivity contribution in [2.24, 2.45) is 0 Å². The number of rotatable bonds is 3. The van der Waals surface area contributed by atoms with E-state index in [0.717, 1.165) is 12.8 Å². The van der Waals surface area contributed by atoms with Crippen LogP contribution in [0.1, 0.15) is 36.8 Å². The molecule has 0 radical (unpaired) electrons. The van der Waals surface area contributed by atoms with Gasteiger partial charge in [-0.05, 0) is 154 Å². The summed E-state index contributed by atoms with van der Waals surface area (Å²) < 4.78 is 2.73. The molecule has 0 saturated heterocycles. The number of hydrogen-bond acceptors (Lipinski definition) is 1. The molecule has 2 aliphatic rings. The van der Waals surface area contributed by atoms with Gasteiger partial charge in [-0.1, -0.05) is 134 Å². The lowest BCUT2D eigenvalue weighted by Crippen LogP contribution is -2.31. The number of thiophene rings is 1. The fraction of sp³-hybridized carbons (Fsp3) is 0.0741. The van der Waals surface area contributed by atoms with Crippen molar-refractivity contribution in [3.8, 4) is 44.5 Å². The Bertz CT molecular complexity index is 3390. The van der Waals surface area contributed by atoms with Crippen LogP contribution >= 0.6 is 11.3 Å². The molecule has 1 unspecified atom stereocenters. The molecule has 10 aromatic rings. The van der Waals surface area contributed by atoms with Gasteiger partial charge in [-0.2, -0.15) is 0 Å². The molecule has 0 N–H and O–H groups in total. The van der Waals surface area contributed by atoms with Crippen LogP contribution in [-0.2, 0) is 0 Å².